The zero-order valence-electron chi connectivity index (χ0n) is 21.7. The number of rotatable bonds is 7. The Kier molecular flexibility index (Phi) is 6.93. The van der Waals surface area contributed by atoms with Crippen molar-refractivity contribution in [1.82, 2.24) is 25.2 Å². The molecule has 8 nitrogen and oxygen atoms in total. The fourth-order valence-electron chi connectivity index (χ4n) is 5.72. The molecular weight excluding hydrogens is 476 g/mol. The lowest BCUT2D eigenvalue weighted by atomic mass is 9.90. The van der Waals surface area contributed by atoms with Gasteiger partial charge in [0.05, 0.1) is 10.9 Å². The van der Waals surface area contributed by atoms with E-state index in [-0.39, 0.29) is 11.0 Å². The number of piperidine rings is 1. The lowest BCUT2D eigenvalue weighted by Crippen LogP contribution is -2.27. The Morgan fingerprint density at radius 1 is 1.11 bits per heavy atom. The van der Waals surface area contributed by atoms with Crippen molar-refractivity contribution in [2.24, 2.45) is 0 Å². The molecule has 0 amide bonds. The Bertz CT molecular complexity index is 1510. The van der Waals surface area contributed by atoms with E-state index in [1.165, 1.54) is 16.7 Å². The minimum atomic E-state index is -1.08. The molecule has 0 spiro atoms. The van der Waals surface area contributed by atoms with E-state index in [1.54, 1.807) is 12.4 Å². The number of benzene rings is 2. The van der Waals surface area contributed by atoms with Gasteiger partial charge in [-0.3, -0.25) is 10.1 Å². The third kappa shape index (κ3) is 4.82. The summed E-state index contributed by atoms with van der Waals surface area (Å²) in [4.78, 5) is 22.6. The van der Waals surface area contributed by atoms with Gasteiger partial charge in [-0.05, 0) is 98.6 Å². The molecule has 3 heterocycles. The second-order valence-electron chi connectivity index (χ2n) is 10.3. The van der Waals surface area contributed by atoms with Gasteiger partial charge in [0.1, 0.15) is 6.23 Å². The van der Waals surface area contributed by atoms with Crippen molar-refractivity contribution in [1.29, 1.82) is 0 Å². The quantitative estimate of drug-likeness (QED) is 0.278. The number of nitrogens with one attached hydrogen (secondary N) is 3. The molecule has 196 valence electrons. The summed E-state index contributed by atoms with van der Waals surface area (Å²) in [6.07, 6.45) is 7.80. The molecule has 8 heteroatoms. The van der Waals surface area contributed by atoms with Crippen molar-refractivity contribution in [3.8, 4) is 5.69 Å². The highest BCUT2D eigenvalue weighted by atomic mass is 16.3. The van der Waals surface area contributed by atoms with E-state index in [0.717, 1.165) is 56.6 Å². The number of aromatic nitrogens is 3. The maximum atomic E-state index is 13.4. The van der Waals surface area contributed by atoms with E-state index < -0.39 is 6.23 Å². The van der Waals surface area contributed by atoms with Crippen molar-refractivity contribution in [2.45, 2.75) is 51.2 Å². The molecular formula is C30H34N6O2. The number of aliphatic hydroxyl groups excluding tert-OH is 1. The standard InChI is InChI=1S/C30H34N6O2/c1-2-32-29(38)26-18-36(24-11-8-19-4-3-5-22(19)16-24)28-25(27(26)37)17-33-30(35-28)34-23-9-6-20(7-10-23)21-12-14-31-15-13-21/h6-11,16-18,21,29,31-32,38H,2-5,12-15H2,1H3,(H,33,34,35). The van der Waals surface area contributed by atoms with E-state index in [0.29, 0.717) is 29.4 Å². The molecule has 0 saturated carbocycles. The summed E-state index contributed by atoms with van der Waals surface area (Å²) in [5.74, 6) is 1.01. The first kappa shape index (κ1) is 24.7. The highest BCUT2D eigenvalue weighted by Gasteiger charge is 2.20. The molecule has 4 N–H and O–H groups in total. The third-order valence-electron chi connectivity index (χ3n) is 7.80. The van der Waals surface area contributed by atoms with Gasteiger partial charge in [0.15, 0.2) is 11.1 Å². The topological polar surface area (TPSA) is 104 Å². The van der Waals surface area contributed by atoms with Crippen molar-refractivity contribution >= 4 is 22.7 Å². The molecule has 4 aromatic rings. The van der Waals surface area contributed by atoms with Crippen LogP contribution in [-0.2, 0) is 12.8 Å². The van der Waals surface area contributed by atoms with Crippen LogP contribution >= 0.6 is 0 Å². The van der Waals surface area contributed by atoms with Crippen LogP contribution in [0, 0.1) is 0 Å². The summed E-state index contributed by atoms with van der Waals surface area (Å²) in [6.45, 7) is 4.56. The fraction of sp³-hybridized carbons (Fsp3) is 0.367. The molecule has 6 rings (SSSR count). The van der Waals surface area contributed by atoms with Gasteiger partial charge in [-0.1, -0.05) is 25.1 Å². The highest BCUT2D eigenvalue weighted by molar-refractivity contribution is 5.78. The Balaban J connectivity index is 1.38. The van der Waals surface area contributed by atoms with Gasteiger partial charge in [-0.25, -0.2) is 4.98 Å². The average molecular weight is 511 g/mol. The molecule has 1 atom stereocenters. The fourth-order valence-corrected chi connectivity index (χ4v) is 5.72. The number of anilines is 2. The highest BCUT2D eigenvalue weighted by Crippen LogP contribution is 2.28. The normalized spacial score (nSPS) is 16.5. The monoisotopic (exact) mass is 510 g/mol. The van der Waals surface area contributed by atoms with Crippen molar-refractivity contribution < 1.29 is 5.11 Å². The van der Waals surface area contributed by atoms with Crippen LogP contribution in [0.2, 0.25) is 0 Å². The summed E-state index contributed by atoms with van der Waals surface area (Å²) in [7, 11) is 0. The zero-order chi connectivity index (χ0) is 26.1. The number of hydrogen-bond donors (Lipinski definition) is 4. The molecule has 1 fully saturated rings. The lowest BCUT2D eigenvalue weighted by molar-refractivity contribution is 0.140. The largest absolute Gasteiger partial charge is 0.374 e. The lowest BCUT2D eigenvalue weighted by Gasteiger charge is -2.23. The summed E-state index contributed by atoms with van der Waals surface area (Å²) < 4.78 is 1.90. The summed E-state index contributed by atoms with van der Waals surface area (Å²) >= 11 is 0. The maximum absolute atomic E-state index is 13.4. The van der Waals surface area contributed by atoms with Crippen molar-refractivity contribution in [2.75, 3.05) is 25.0 Å². The zero-order valence-corrected chi connectivity index (χ0v) is 21.7. The van der Waals surface area contributed by atoms with Crippen LogP contribution in [-0.4, -0.2) is 39.3 Å². The Hall–Kier alpha value is -3.59. The van der Waals surface area contributed by atoms with Crippen LogP contribution in [0.1, 0.15) is 60.6 Å². The minimum Gasteiger partial charge on any atom is -0.374 e. The predicted molar refractivity (Wildman–Crippen MR) is 150 cm³/mol. The first-order chi connectivity index (χ1) is 18.6. The number of aryl methyl sites for hydroxylation is 2. The van der Waals surface area contributed by atoms with Crippen LogP contribution in [0.5, 0.6) is 0 Å². The smallest absolute Gasteiger partial charge is 0.229 e. The van der Waals surface area contributed by atoms with Crippen LogP contribution in [0.15, 0.2) is 59.7 Å². The van der Waals surface area contributed by atoms with Gasteiger partial charge in [0.2, 0.25) is 5.95 Å². The SMILES string of the molecule is CCNC(O)c1cn(-c2ccc3c(c2)CCC3)c2nc(Nc3ccc(C4CCNCC4)cc3)ncc2c1=O. The first-order valence-electron chi connectivity index (χ1n) is 13.6. The Labute approximate surface area is 222 Å². The van der Waals surface area contributed by atoms with Crippen molar-refractivity contribution in [3.63, 3.8) is 0 Å². The van der Waals surface area contributed by atoms with Gasteiger partial charge in [-0.2, -0.15) is 4.98 Å². The number of hydrogen-bond acceptors (Lipinski definition) is 7. The predicted octanol–water partition coefficient (Wildman–Crippen LogP) is 4.08. The summed E-state index contributed by atoms with van der Waals surface area (Å²) in [5.41, 5.74) is 6.37. The van der Waals surface area contributed by atoms with Gasteiger partial charge in [0, 0.05) is 23.8 Å². The van der Waals surface area contributed by atoms with E-state index in [1.807, 2.05) is 11.5 Å². The van der Waals surface area contributed by atoms with Gasteiger partial charge < -0.3 is 20.3 Å². The summed E-state index contributed by atoms with van der Waals surface area (Å²) in [6, 6.07) is 14.9. The van der Waals surface area contributed by atoms with E-state index in [4.69, 9.17) is 4.98 Å². The number of fused-ring (bicyclic) bond motifs is 2. The van der Waals surface area contributed by atoms with Gasteiger partial charge in [-0.15, -0.1) is 0 Å². The first-order valence-corrected chi connectivity index (χ1v) is 13.6. The van der Waals surface area contributed by atoms with Gasteiger partial charge >= 0.3 is 0 Å². The van der Waals surface area contributed by atoms with E-state index in [2.05, 4.69) is 63.4 Å². The van der Waals surface area contributed by atoms with Crippen LogP contribution in [0.25, 0.3) is 16.7 Å². The molecule has 38 heavy (non-hydrogen) atoms. The van der Waals surface area contributed by atoms with Crippen molar-refractivity contribution in [3.05, 3.63) is 87.3 Å². The molecule has 1 aliphatic heterocycles. The summed E-state index contributed by atoms with van der Waals surface area (Å²) in [5, 5.41) is 20.7. The molecule has 1 saturated heterocycles. The Morgan fingerprint density at radius 2 is 1.89 bits per heavy atom. The minimum absolute atomic E-state index is 0.274. The molecule has 2 aliphatic rings. The van der Waals surface area contributed by atoms with E-state index in [9.17, 15) is 9.90 Å². The second-order valence-corrected chi connectivity index (χ2v) is 10.3. The molecule has 1 aliphatic carbocycles. The van der Waals surface area contributed by atoms with Crippen LogP contribution < -0.4 is 21.4 Å². The third-order valence-corrected chi connectivity index (χ3v) is 7.80. The number of nitrogens with zero attached hydrogens (tertiary/aromatic N) is 3. The molecule has 2 aromatic carbocycles. The molecule has 0 bridgehead atoms. The van der Waals surface area contributed by atoms with Gasteiger partial charge in [0.25, 0.3) is 0 Å². The molecule has 2 aromatic heterocycles. The van der Waals surface area contributed by atoms with E-state index >= 15 is 0 Å². The Morgan fingerprint density at radius 3 is 2.68 bits per heavy atom. The van der Waals surface area contributed by atoms with Crippen LogP contribution in [0.3, 0.4) is 0 Å². The maximum Gasteiger partial charge on any atom is 0.229 e. The molecule has 1 unspecified atom stereocenters. The van der Waals surface area contributed by atoms with Crippen LogP contribution in [0.4, 0.5) is 11.6 Å². The average Bonchev–Trinajstić information content (AvgIpc) is 3.42. The number of aliphatic hydroxyl groups is 1. The number of pyridine rings is 1. The second kappa shape index (κ2) is 10.6. The molecule has 0 radical (unpaired) electrons.